The molecule has 6 nitrogen and oxygen atoms in total. The minimum atomic E-state index is -4.62. The molecule has 4 heterocycles. The van der Waals surface area contributed by atoms with Gasteiger partial charge in [0.1, 0.15) is 22.2 Å². The van der Waals surface area contributed by atoms with Gasteiger partial charge in [-0.15, -0.1) is 11.3 Å². The molecule has 0 bridgehead atoms. The zero-order valence-electron chi connectivity index (χ0n) is 18.7. The van der Waals surface area contributed by atoms with E-state index in [-0.39, 0.29) is 16.8 Å². The molecule has 1 aromatic carbocycles. The Balaban J connectivity index is 1.25. The zero-order chi connectivity index (χ0) is 26.3. The number of pyridine rings is 1. The Morgan fingerprint density at radius 2 is 1.76 bits per heavy atom. The van der Waals surface area contributed by atoms with Gasteiger partial charge in [0.2, 0.25) is 0 Å². The van der Waals surface area contributed by atoms with Crippen molar-refractivity contribution in [3.8, 4) is 22.7 Å². The second-order valence-corrected chi connectivity index (χ2v) is 10.5. The molecule has 37 heavy (non-hydrogen) atoms. The number of amides is 1. The molecule has 4 aromatic rings. The molecule has 3 aromatic heterocycles. The average Bonchev–Trinajstić information content (AvgIpc) is 3.55. The van der Waals surface area contributed by atoms with Crippen molar-refractivity contribution in [2.45, 2.75) is 24.9 Å². The number of carbonyl (C=O) groups is 1. The molecular formula is C24H16Cl3F3N4O2S. The fourth-order valence-corrected chi connectivity index (χ4v) is 5.52. The monoisotopic (exact) mass is 586 g/mol. The van der Waals surface area contributed by atoms with E-state index in [1.165, 1.54) is 16.2 Å². The minimum Gasteiger partial charge on any atom is -0.354 e. The third-order valence-electron chi connectivity index (χ3n) is 5.97. The first kappa shape index (κ1) is 26.0. The first-order valence-electron chi connectivity index (χ1n) is 11.0. The molecule has 0 atom stereocenters. The third kappa shape index (κ3) is 5.62. The molecule has 0 spiro atoms. The fraction of sp³-hybridized carbons (Fsp3) is 0.250. The van der Waals surface area contributed by atoms with Crippen molar-refractivity contribution in [2.24, 2.45) is 0 Å². The number of piperidine rings is 1. The van der Waals surface area contributed by atoms with E-state index < -0.39 is 17.6 Å². The number of rotatable bonds is 4. The van der Waals surface area contributed by atoms with Crippen LogP contribution < -0.4 is 0 Å². The van der Waals surface area contributed by atoms with Crippen LogP contribution >= 0.6 is 46.1 Å². The molecular weight excluding hydrogens is 572 g/mol. The number of carbonyl (C=O) groups excluding carboxylic acids is 1. The van der Waals surface area contributed by atoms with Crippen LogP contribution in [0.5, 0.6) is 0 Å². The van der Waals surface area contributed by atoms with Crippen molar-refractivity contribution in [1.82, 2.24) is 20.0 Å². The maximum Gasteiger partial charge on any atom is 0.416 e. The summed E-state index contributed by atoms with van der Waals surface area (Å²) in [7, 11) is 0. The van der Waals surface area contributed by atoms with Gasteiger partial charge in [-0.05, 0) is 37.1 Å². The lowest BCUT2D eigenvalue weighted by Gasteiger charge is -2.31. The van der Waals surface area contributed by atoms with Crippen LogP contribution in [-0.4, -0.2) is 39.0 Å². The lowest BCUT2D eigenvalue weighted by Crippen LogP contribution is -2.38. The van der Waals surface area contributed by atoms with Crippen LogP contribution in [0, 0.1) is 0 Å². The lowest BCUT2D eigenvalue weighted by atomic mass is 9.97. The number of alkyl halides is 3. The zero-order valence-corrected chi connectivity index (χ0v) is 21.8. The van der Waals surface area contributed by atoms with Crippen LogP contribution in [0.4, 0.5) is 13.2 Å². The Morgan fingerprint density at radius 1 is 1.00 bits per heavy atom. The molecule has 0 aliphatic carbocycles. The van der Waals surface area contributed by atoms with Crippen molar-refractivity contribution in [1.29, 1.82) is 0 Å². The number of nitrogens with zero attached hydrogens (tertiary/aromatic N) is 4. The Kier molecular flexibility index (Phi) is 7.19. The topological polar surface area (TPSA) is 72.1 Å². The van der Waals surface area contributed by atoms with E-state index in [9.17, 15) is 18.0 Å². The highest BCUT2D eigenvalue weighted by atomic mass is 35.5. The van der Waals surface area contributed by atoms with Gasteiger partial charge in [0.25, 0.3) is 5.91 Å². The van der Waals surface area contributed by atoms with Gasteiger partial charge in [-0.3, -0.25) is 4.79 Å². The van der Waals surface area contributed by atoms with E-state index in [1.54, 1.807) is 24.3 Å². The second kappa shape index (κ2) is 10.2. The molecule has 0 N–H and O–H groups in total. The smallest absolute Gasteiger partial charge is 0.354 e. The van der Waals surface area contributed by atoms with Crippen molar-refractivity contribution in [3.05, 3.63) is 73.2 Å². The van der Waals surface area contributed by atoms with Crippen LogP contribution in [0.1, 0.15) is 39.8 Å². The van der Waals surface area contributed by atoms with Crippen LogP contribution in [-0.2, 0) is 6.18 Å². The molecule has 1 aliphatic heterocycles. The molecule has 1 fully saturated rings. The number of benzene rings is 1. The number of hydrogen-bond acceptors (Lipinski definition) is 6. The summed E-state index contributed by atoms with van der Waals surface area (Å²) in [5.41, 5.74) is 0.667. The molecule has 192 valence electrons. The van der Waals surface area contributed by atoms with Crippen molar-refractivity contribution >= 4 is 52.0 Å². The van der Waals surface area contributed by atoms with E-state index in [2.05, 4.69) is 10.1 Å². The molecule has 0 unspecified atom stereocenters. The Labute approximate surface area is 228 Å². The van der Waals surface area contributed by atoms with Crippen LogP contribution in [0.25, 0.3) is 22.7 Å². The molecule has 0 saturated carbocycles. The summed E-state index contributed by atoms with van der Waals surface area (Å²) >= 11 is 19.3. The van der Waals surface area contributed by atoms with Crippen LogP contribution in [0.2, 0.25) is 15.2 Å². The summed E-state index contributed by atoms with van der Waals surface area (Å²) in [6.07, 6.45) is -3.41. The predicted octanol–water partition coefficient (Wildman–Crippen LogP) is 7.86. The summed E-state index contributed by atoms with van der Waals surface area (Å²) in [6.45, 7) is 0.718. The van der Waals surface area contributed by atoms with Crippen LogP contribution in [0.15, 0.2) is 46.3 Å². The molecule has 13 heteroatoms. The minimum absolute atomic E-state index is 0.0957. The van der Waals surface area contributed by atoms with Gasteiger partial charge in [0, 0.05) is 36.0 Å². The van der Waals surface area contributed by atoms with E-state index in [0.29, 0.717) is 59.2 Å². The molecule has 5 rings (SSSR count). The van der Waals surface area contributed by atoms with Gasteiger partial charge in [-0.25, -0.2) is 9.97 Å². The summed E-state index contributed by atoms with van der Waals surface area (Å²) in [5, 5.41) is 7.34. The Morgan fingerprint density at radius 3 is 2.46 bits per heavy atom. The van der Waals surface area contributed by atoms with Gasteiger partial charge in [0.15, 0.2) is 5.76 Å². The number of aromatic nitrogens is 3. The van der Waals surface area contributed by atoms with Crippen molar-refractivity contribution in [3.63, 3.8) is 0 Å². The van der Waals surface area contributed by atoms with E-state index in [4.69, 9.17) is 44.3 Å². The predicted molar refractivity (Wildman–Crippen MR) is 135 cm³/mol. The molecule has 1 aliphatic rings. The average molecular weight is 588 g/mol. The Hall–Kier alpha value is -2.66. The van der Waals surface area contributed by atoms with E-state index in [1.807, 2.05) is 5.38 Å². The van der Waals surface area contributed by atoms with Crippen LogP contribution in [0.3, 0.4) is 0 Å². The molecule has 1 saturated heterocycles. The number of halogens is 6. The number of hydrogen-bond donors (Lipinski definition) is 0. The first-order valence-corrected chi connectivity index (χ1v) is 13.0. The standard InChI is InChI=1S/C24H16Cl3F3N4O2S/c25-15-2-1-13(7-16(15)26)17-10-20(36-33-17)19-11-37-22(32-19)12-3-5-34(6-4-12)23(35)18-8-14(24(28,29)30)9-21(27)31-18/h1-2,7-12H,3-6H2. The van der Waals surface area contributed by atoms with Gasteiger partial charge < -0.3 is 9.42 Å². The SMILES string of the molecule is O=C(c1cc(C(F)(F)F)cc(Cl)n1)N1CCC(c2nc(-c3cc(-c4ccc(Cl)c(Cl)c4)no3)cs2)CC1. The number of likely N-dealkylation sites (tertiary alicyclic amines) is 1. The highest BCUT2D eigenvalue weighted by Gasteiger charge is 2.33. The van der Waals surface area contributed by atoms with Crippen molar-refractivity contribution < 1.29 is 22.5 Å². The van der Waals surface area contributed by atoms with Gasteiger partial charge >= 0.3 is 6.18 Å². The fourth-order valence-electron chi connectivity index (χ4n) is 4.04. The van der Waals surface area contributed by atoms with E-state index in [0.717, 1.165) is 16.6 Å². The van der Waals surface area contributed by atoms with Gasteiger partial charge in [0.05, 0.1) is 20.6 Å². The lowest BCUT2D eigenvalue weighted by molar-refractivity contribution is -0.137. The number of thiazole rings is 1. The van der Waals surface area contributed by atoms with Gasteiger partial charge in [-0.2, -0.15) is 13.2 Å². The summed E-state index contributed by atoms with van der Waals surface area (Å²) in [4.78, 5) is 22.8. The third-order valence-corrected chi connectivity index (χ3v) is 7.91. The highest BCUT2D eigenvalue weighted by Crippen LogP contribution is 2.36. The molecule has 0 radical (unpaired) electrons. The molecule has 1 amide bonds. The second-order valence-electron chi connectivity index (χ2n) is 8.40. The van der Waals surface area contributed by atoms with Crippen molar-refractivity contribution in [2.75, 3.05) is 13.1 Å². The maximum atomic E-state index is 13.1. The summed E-state index contributed by atoms with van der Waals surface area (Å²) in [6, 6.07) is 8.39. The Bertz CT molecular complexity index is 1470. The maximum absolute atomic E-state index is 13.1. The largest absolute Gasteiger partial charge is 0.416 e. The van der Waals surface area contributed by atoms with E-state index >= 15 is 0 Å². The summed E-state index contributed by atoms with van der Waals surface area (Å²) in [5.74, 6) is 0.0183. The quantitative estimate of drug-likeness (QED) is 0.227. The first-order chi connectivity index (χ1) is 17.6. The highest BCUT2D eigenvalue weighted by molar-refractivity contribution is 7.10. The summed E-state index contributed by atoms with van der Waals surface area (Å²) < 4.78 is 44.8. The normalized spacial score (nSPS) is 14.8. The van der Waals surface area contributed by atoms with Gasteiger partial charge in [-0.1, -0.05) is 46.0 Å².